The molecule has 0 radical (unpaired) electrons. The molecule has 1 saturated heterocycles. The fourth-order valence-electron chi connectivity index (χ4n) is 1.95. The SMILES string of the molecule is CCN1CCOC(CNC(=O)c2nc(C(=O)O)cs2)C1. The Hall–Kier alpha value is -1.51. The zero-order chi connectivity index (χ0) is 14.5. The lowest BCUT2D eigenvalue weighted by Crippen LogP contribution is -2.47. The van der Waals surface area contributed by atoms with Gasteiger partial charge >= 0.3 is 5.97 Å². The second-order valence-electron chi connectivity index (χ2n) is 4.44. The van der Waals surface area contributed by atoms with Crippen LogP contribution in [0.15, 0.2) is 5.38 Å². The molecule has 0 spiro atoms. The third-order valence-corrected chi connectivity index (χ3v) is 3.92. The minimum atomic E-state index is -1.13. The van der Waals surface area contributed by atoms with Crippen molar-refractivity contribution in [2.24, 2.45) is 0 Å². The van der Waals surface area contributed by atoms with Crippen molar-refractivity contribution in [1.82, 2.24) is 15.2 Å². The number of carboxylic acids is 1. The Morgan fingerprint density at radius 3 is 3.10 bits per heavy atom. The Morgan fingerprint density at radius 2 is 2.45 bits per heavy atom. The normalized spacial score (nSPS) is 19.8. The number of amides is 1. The Kier molecular flexibility index (Phi) is 5.05. The maximum atomic E-state index is 11.8. The molecule has 0 saturated carbocycles. The van der Waals surface area contributed by atoms with Crippen LogP contribution in [0.4, 0.5) is 0 Å². The van der Waals surface area contributed by atoms with Gasteiger partial charge in [0.05, 0.1) is 12.7 Å². The molecule has 2 N–H and O–H groups in total. The van der Waals surface area contributed by atoms with Gasteiger partial charge in [0.1, 0.15) is 0 Å². The number of carboxylic acid groups (broad SMARTS) is 1. The Labute approximate surface area is 120 Å². The predicted octanol–water partition coefficient (Wildman–Crippen LogP) is 0.292. The average molecular weight is 299 g/mol. The summed E-state index contributed by atoms with van der Waals surface area (Å²) in [4.78, 5) is 28.6. The maximum absolute atomic E-state index is 11.8. The van der Waals surface area contributed by atoms with Gasteiger partial charge in [0.2, 0.25) is 0 Å². The monoisotopic (exact) mass is 299 g/mol. The van der Waals surface area contributed by atoms with Crippen molar-refractivity contribution in [2.45, 2.75) is 13.0 Å². The molecule has 1 aliphatic heterocycles. The summed E-state index contributed by atoms with van der Waals surface area (Å²) in [5.74, 6) is -1.49. The van der Waals surface area contributed by atoms with Crippen molar-refractivity contribution in [1.29, 1.82) is 0 Å². The molecule has 7 nitrogen and oxygen atoms in total. The molecule has 0 aromatic carbocycles. The van der Waals surface area contributed by atoms with E-state index in [0.717, 1.165) is 31.0 Å². The van der Waals surface area contributed by atoms with Gasteiger partial charge in [0.25, 0.3) is 5.91 Å². The number of likely N-dealkylation sites (N-methyl/N-ethyl adjacent to an activating group) is 1. The Bertz CT molecular complexity index is 491. The topological polar surface area (TPSA) is 91.8 Å². The van der Waals surface area contributed by atoms with Gasteiger partial charge in [-0.25, -0.2) is 9.78 Å². The number of ether oxygens (including phenoxy) is 1. The number of carbonyl (C=O) groups excluding carboxylic acids is 1. The first-order chi connectivity index (χ1) is 9.60. The molecule has 0 bridgehead atoms. The minimum Gasteiger partial charge on any atom is -0.476 e. The summed E-state index contributed by atoms with van der Waals surface area (Å²) in [6, 6.07) is 0. The Morgan fingerprint density at radius 1 is 1.65 bits per heavy atom. The van der Waals surface area contributed by atoms with Crippen molar-refractivity contribution in [2.75, 3.05) is 32.8 Å². The number of aromatic nitrogens is 1. The van der Waals surface area contributed by atoms with E-state index in [9.17, 15) is 9.59 Å². The number of carbonyl (C=O) groups is 2. The largest absolute Gasteiger partial charge is 0.476 e. The summed E-state index contributed by atoms with van der Waals surface area (Å²) in [6.45, 7) is 5.81. The van der Waals surface area contributed by atoms with Crippen molar-refractivity contribution >= 4 is 23.2 Å². The number of thiazole rings is 1. The summed E-state index contributed by atoms with van der Waals surface area (Å²) in [5.41, 5.74) is -0.105. The van der Waals surface area contributed by atoms with Crippen LogP contribution in [0.2, 0.25) is 0 Å². The number of nitrogens with one attached hydrogen (secondary N) is 1. The van der Waals surface area contributed by atoms with Crippen molar-refractivity contribution in [3.8, 4) is 0 Å². The van der Waals surface area contributed by atoms with Crippen LogP contribution in [0.3, 0.4) is 0 Å². The number of aromatic carboxylic acids is 1. The first-order valence-electron chi connectivity index (χ1n) is 6.41. The van der Waals surface area contributed by atoms with Crippen LogP contribution in [-0.2, 0) is 4.74 Å². The van der Waals surface area contributed by atoms with Gasteiger partial charge in [-0.05, 0) is 6.54 Å². The van der Waals surface area contributed by atoms with Crippen molar-refractivity contribution in [3.05, 3.63) is 16.1 Å². The van der Waals surface area contributed by atoms with Crippen molar-refractivity contribution in [3.63, 3.8) is 0 Å². The molecule has 1 aromatic rings. The molecule has 1 unspecified atom stereocenters. The van der Waals surface area contributed by atoms with E-state index in [0.29, 0.717) is 13.2 Å². The second kappa shape index (κ2) is 6.78. The van der Waals surface area contributed by atoms with E-state index in [4.69, 9.17) is 9.84 Å². The van der Waals surface area contributed by atoms with E-state index < -0.39 is 5.97 Å². The molecule has 2 heterocycles. The Balaban J connectivity index is 1.83. The lowest BCUT2D eigenvalue weighted by molar-refractivity contribution is -0.0246. The predicted molar refractivity (Wildman–Crippen MR) is 73.3 cm³/mol. The average Bonchev–Trinajstić information content (AvgIpc) is 2.95. The fraction of sp³-hybridized carbons (Fsp3) is 0.583. The molecule has 1 aromatic heterocycles. The fourth-order valence-corrected chi connectivity index (χ4v) is 2.66. The highest BCUT2D eigenvalue weighted by Gasteiger charge is 2.21. The molecule has 1 fully saturated rings. The number of nitrogens with zero attached hydrogens (tertiary/aromatic N) is 2. The highest BCUT2D eigenvalue weighted by molar-refractivity contribution is 7.11. The molecule has 0 aliphatic carbocycles. The van der Waals surface area contributed by atoms with E-state index in [2.05, 4.69) is 22.1 Å². The summed E-state index contributed by atoms with van der Waals surface area (Å²) in [5, 5.41) is 13.0. The summed E-state index contributed by atoms with van der Waals surface area (Å²) in [6.07, 6.45) is -0.0356. The van der Waals surface area contributed by atoms with E-state index >= 15 is 0 Å². The highest BCUT2D eigenvalue weighted by Crippen LogP contribution is 2.10. The summed E-state index contributed by atoms with van der Waals surface area (Å²) in [7, 11) is 0. The minimum absolute atomic E-state index is 0.0356. The van der Waals surface area contributed by atoms with Crippen LogP contribution in [0.5, 0.6) is 0 Å². The molecule has 110 valence electrons. The molecule has 1 amide bonds. The maximum Gasteiger partial charge on any atom is 0.355 e. The summed E-state index contributed by atoms with van der Waals surface area (Å²) >= 11 is 1.02. The van der Waals surface area contributed by atoms with Gasteiger partial charge in [-0.2, -0.15) is 0 Å². The molecular weight excluding hydrogens is 282 g/mol. The zero-order valence-electron chi connectivity index (χ0n) is 11.2. The number of rotatable bonds is 5. The molecule has 1 atom stereocenters. The summed E-state index contributed by atoms with van der Waals surface area (Å²) < 4.78 is 5.57. The van der Waals surface area contributed by atoms with Gasteiger partial charge in [-0.3, -0.25) is 9.69 Å². The van der Waals surface area contributed by atoms with Gasteiger partial charge in [0.15, 0.2) is 10.7 Å². The molecule has 20 heavy (non-hydrogen) atoms. The first kappa shape index (κ1) is 14.9. The van der Waals surface area contributed by atoms with Gasteiger partial charge in [0, 0.05) is 25.0 Å². The van der Waals surface area contributed by atoms with Crippen LogP contribution in [0.25, 0.3) is 0 Å². The number of hydrogen-bond donors (Lipinski definition) is 2. The molecule has 2 rings (SSSR count). The van der Waals surface area contributed by atoms with Gasteiger partial charge in [-0.15, -0.1) is 11.3 Å². The van der Waals surface area contributed by atoms with E-state index in [1.807, 2.05) is 0 Å². The lowest BCUT2D eigenvalue weighted by atomic mass is 10.2. The van der Waals surface area contributed by atoms with E-state index in [1.54, 1.807) is 0 Å². The van der Waals surface area contributed by atoms with E-state index in [1.165, 1.54) is 5.38 Å². The smallest absolute Gasteiger partial charge is 0.355 e. The third-order valence-electron chi connectivity index (χ3n) is 3.08. The second-order valence-corrected chi connectivity index (χ2v) is 5.30. The number of morpholine rings is 1. The van der Waals surface area contributed by atoms with Crippen molar-refractivity contribution < 1.29 is 19.4 Å². The lowest BCUT2D eigenvalue weighted by Gasteiger charge is -2.32. The zero-order valence-corrected chi connectivity index (χ0v) is 12.0. The van der Waals surface area contributed by atoms with Gasteiger partial charge < -0.3 is 15.2 Å². The van der Waals surface area contributed by atoms with Crippen LogP contribution in [0, 0.1) is 0 Å². The number of hydrogen-bond acceptors (Lipinski definition) is 6. The third kappa shape index (κ3) is 3.75. The molecule has 8 heteroatoms. The quantitative estimate of drug-likeness (QED) is 0.812. The van der Waals surface area contributed by atoms with Crippen LogP contribution in [-0.4, -0.2) is 65.8 Å². The van der Waals surface area contributed by atoms with Gasteiger partial charge in [-0.1, -0.05) is 6.92 Å². The van der Waals surface area contributed by atoms with Crippen LogP contribution < -0.4 is 5.32 Å². The first-order valence-corrected chi connectivity index (χ1v) is 7.29. The highest BCUT2D eigenvalue weighted by atomic mass is 32.1. The van der Waals surface area contributed by atoms with Crippen LogP contribution >= 0.6 is 11.3 Å². The molecular formula is C12H17N3O4S. The standard InChI is InChI=1S/C12H17N3O4S/c1-2-15-3-4-19-8(6-15)5-13-10(16)11-14-9(7-20-11)12(17)18/h7-8H,2-6H2,1H3,(H,13,16)(H,17,18). The molecule has 1 aliphatic rings. The van der Waals surface area contributed by atoms with E-state index in [-0.39, 0.29) is 22.7 Å². The van der Waals surface area contributed by atoms with Crippen LogP contribution in [0.1, 0.15) is 27.2 Å².